The summed E-state index contributed by atoms with van der Waals surface area (Å²) in [5.41, 5.74) is 6.61. The minimum Gasteiger partial charge on any atom is -0.480 e. The molecular formula is C23H34N4O6. The summed E-state index contributed by atoms with van der Waals surface area (Å²) >= 11 is 0. The van der Waals surface area contributed by atoms with Crippen LogP contribution < -0.4 is 16.4 Å². The molecule has 33 heavy (non-hydrogen) atoms. The number of hydrogen-bond donors (Lipinski definition) is 5. The fourth-order valence-corrected chi connectivity index (χ4v) is 3.76. The standard InChI is InChI=1S/C23H34N4O6/c1-13(2)18(24)20(29)26-19(14(3)28)21(30)25-16(12-15-8-5-4-6-9-15)22(31)27-11-7-10-17(27)23(32)33/h4-6,8-9,13-14,16-19,28H,7,10-12,24H2,1-3H3,(H,25,30)(H,26,29)(H,32,33). The van der Waals surface area contributed by atoms with Gasteiger partial charge in [-0.05, 0) is 31.2 Å². The SMILES string of the molecule is CC(C)C(N)C(=O)NC(C(=O)NC(Cc1ccccc1)C(=O)N1CCCC1C(=O)O)C(C)O. The third-order valence-corrected chi connectivity index (χ3v) is 5.80. The van der Waals surface area contributed by atoms with Crippen molar-refractivity contribution in [1.82, 2.24) is 15.5 Å². The normalized spacial score (nSPS) is 19.5. The summed E-state index contributed by atoms with van der Waals surface area (Å²) in [6, 6.07) is 4.75. The summed E-state index contributed by atoms with van der Waals surface area (Å²) in [6.07, 6.45) is -0.236. The summed E-state index contributed by atoms with van der Waals surface area (Å²) in [7, 11) is 0. The number of carboxylic acid groups (broad SMARTS) is 1. The Balaban J connectivity index is 2.24. The number of carbonyl (C=O) groups excluding carboxylic acids is 3. The zero-order chi connectivity index (χ0) is 24.7. The van der Waals surface area contributed by atoms with E-state index in [9.17, 15) is 29.4 Å². The molecule has 2 rings (SSSR count). The van der Waals surface area contributed by atoms with Crippen molar-refractivity contribution in [2.45, 2.75) is 70.3 Å². The van der Waals surface area contributed by atoms with E-state index in [1.807, 2.05) is 6.07 Å². The minimum atomic E-state index is -1.33. The van der Waals surface area contributed by atoms with E-state index in [-0.39, 0.29) is 18.9 Å². The Morgan fingerprint density at radius 1 is 1.09 bits per heavy atom. The maximum absolute atomic E-state index is 13.3. The third kappa shape index (κ3) is 7.00. The zero-order valence-corrected chi connectivity index (χ0v) is 19.2. The predicted molar refractivity (Wildman–Crippen MR) is 121 cm³/mol. The molecule has 1 aliphatic rings. The first-order chi connectivity index (χ1) is 15.5. The van der Waals surface area contributed by atoms with E-state index in [4.69, 9.17) is 5.73 Å². The highest BCUT2D eigenvalue weighted by atomic mass is 16.4. The van der Waals surface area contributed by atoms with Crippen LogP contribution >= 0.6 is 0 Å². The molecule has 10 heteroatoms. The molecule has 0 aromatic heterocycles. The maximum Gasteiger partial charge on any atom is 0.326 e. The molecule has 1 aliphatic heterocycles. The topological polar surface area (TPSA) is 162 Å². The van der Waals surface area contributed by atoms with Crippen LogP contribution in [0.2, 0.25) is 0 Å². The van der Waals surface area contributed by atoms with Gasteiger partial charge < -0.3 is 31.5 Å². The lowest BCUT2D eigenvalue weighted by Gasteiger charge is -2.30. The van der Waals surface area contributed by atoms with Crippen LogP contribution in [0.15, 0.2) is 30.3 Å². The number of benzene rings is 1. The molecule has 1 aromatic carbocycles. The van der Waals surface area contributed by atoms with Crippen molar-refractivity contribution >= 4 is 23.7 Å². The summed E-state index contributed by atoms with van der Waals surface area (Å²) in [4.78, 5) is 51.5. The van der Waals surface area contributed by atoms with Gasteiger partial charge in [0.2, 0.25) is 17.7 Å². The lowest BCUT2D eigenvalue weighted by Crippen LogP contribution is -2.60. The van der Waals surface area contributed by atoms with Gasteiger partial charge in [-0.1, -0.05) is 44.2 Å². The fraction of sp³-hybridized carbons (Fsp3) is 0.565. The smallest absolute Gasteiger partial charge is 0.326 e. The Labute approximate surface area is 193 Å². The average Bonchev–Trinajstić information content (AvgIpc) is 3.26. The summed E-state index contributed by atoms with van der Waals surface area (Å²) in [6.45, 7) is 5.13. The van der Waals surface area contributed by atoms with E-state index in [0.29, 0.717) is 12.8 Å². The van der Waals surface area contributed by atoms with Gasteiger partial charge in [-0.3, -0.25) is 14.4 Å². The van der Waals surface area contributed by atoms with Gasteiger partial charge in [0, 0.05) is 13.0 Å². The largest absolute Gasteiger partial charge is 0.480 e. The van der Waals surface area contributed by atoms with Gasteiger partial charge >= 0.3 is 5.97 Å². The number of nitrogens with one attached hydrogen (secondary N) is 2. The number of rotatable bonds is 10. The molecule has 10 nitrogen and oxygen atoms in total. The molecule has 0 radical (unpaired) electrons. The Morgan fingerprint density at radius 3 is 2.27 bits per heavy atom. The second-order valence-corrected chi connectivity index (χ2v) is 8.78. The Hall–Kier alpha value is -2.98. The molecule has 3 amide bonds. The van der Waals surface area contributed by atoms with Gasteiger partial charge in [-0.15, -0.1) is 0 Å². The monoisotopic (exact) mass is 462 g/mol. The molecule has 0 spiro atoms. The van der Waals surface area contributed by atoms with Gasteiger partial charge in [0.1, 0.15) is 18.1 Å². The molecule has 1 heterocycles. The van der Waals surface area contributed by atoms with Crippen molar-refractivity contribution in [2.75, 3.05) is 6.54 Å². The van der Waals surface area contributed by atoms with E-state index in [2.05, 4.69) is 10.6 Å². The van der Waals surface area contributed by atoms with E-state index < -0.39 is 54.0 Å². The number of carbonyl (C=O) groups is 4. The number of likely N-dealkylation sites (tertiary alicyclic amines) is 1. The quantitative estimate of drug-likeness (QED) is 0.317. The molecule has 1 fully saturated rings. The van der Waals surface area contributed by atoms with Crippen molar-refractivity contribution < 1.29 is 29.4 Å². The molecular weight excluding hydrogens is 428 g/mol. The average molecular weight is 463 g/mol. The lowest BCUT2D eigenvalue weighted by atomic mass is 10.0. The van der Waals surface area contributed by atoms with Crippen LogP contribution in [0.3, 0.4) is 0 Å². The first kappa shape index (κ1) is 26.3. The molecule has 6 N–H and O–H groups in total. The fourth-order valence-electron chi connectivity index (χ4n) is 3.76. The predicted octanol–water partition coefficient (Wildman–Crippen LogP) is -0.362. The van der Waals surface area contributed by atoms with Crippen LogP contribution in [0.4, 0.5) is 0 Å². The first-order valence-electron chi connectivity index (χ1n) is 11.1. The lowest BCUT2D eigenvalue weighted by molar-refractivity contribution is -0.149. The van der Waals surface area contributed by atoms with Gasteiger partial charge in [-0.2, -0.15) is 0 Å². The highest BCUT2D eigenvalue weighted by Gasteiger charge is 2.39. The highest BCUT2D eigenvalue weighted by molar-refractivity contribution is 5.94. The summed E-state index contributed by atoms with van der Waals surface area (Å²) in [5.74, 6) is -3.15. The third-order valence-electron chi connectivity index (χ3n) is 5.80. The second kappa shape index (κ2) is 11.8. The summed E-state index contributed by atoms with van der Waals surface area (Å²) in [5, 5.41) is 24.7. The Bertz CT molecular complexity index is 845. The van der Waals surface area contributed by atoms with Crippen molar-refractivity contribution in [3.8, 4) is 0 Å². The maximum atomic E-state index is 13.3. The molecule has 0 saturated carbocycles. The van der Waals surface area contributed by atoms with E-state index >= 15 is 0 Å². The van der Waals surface area contributed by atoms with Crippen LogP contribution in [0.1, 0.15) is 39.2 Å². The number of hydrogen-bond acceptors (Lipinski definition) is 6. The molecule has 0 bridgehead atoms. The van der Waals surface area contributed by atoms with Gasteiger partial charge in [0.05, 0.1) is 12.1 Å². The van der Waals surface area contributed by atoms with Crippen LogP contribution in [0.5, 0.6) is 0 Å². The molecule has 1 aromatic rings. The Morgan fingerprint density at radius 2 is 1.73 bits per heavy atom. The number of amides is 3. The van der Waals surface area contributed by atoms with E-state index in [0.717, 1.165) is 5.56 Å². The van der Waals surface area contributed by atoms with Crippen molar-refractivity contribution in [2.24, 2.45) is 11.7 Å². The van der Waals surface area contributed by atoms with Crippen LogP contribution in [0.25, 0.3) is 0 Å². The van der Waals surface area contributed by atoms with Crippen LogP contribution in [-0.2, 0) is 25.6 Å². The number of aliphatic hydroxyl groups is 1. The molecule has 182 valence electrons. The van der Waals surface area contributed by atoms with Crippen molar-refractivity contribution in [3.63, 3.8) is 0 Å². The van der Waals surface area contributed by atoms with Crippen LogP contribution in [0, 0.1) is 5.92 Å². The Kier molecular flexibility index (Phi) is 9.36. The van der Waals surface area contributed by atoms with Gasteiger partial charge in [0.15, 0.2) is 0 Å². The number of aliphatic carboxylic acids is 1. The minimum absolute atomic E-state index is 0.125. The number of carboxylic acids is 1. The van der Waals surface area contributed by atoms with Crippen molar-refractivity contribution in [3.05, 3.63) is 35.9 Å². The van der Waals surface area contributed by atoms with E-state index in [1.54, 1.807) is 38.1 Å². The first-order valence-corrected chi connectivity index (χ1v) is 11.1. The number of nitrogens with two attached hydrogens (primary N) is 1. The highest BCUT2D eigenvalue weighted by Crippen LogP contribution is 2.20. The zero-order valence-electron chi connectivity index (χ0n) is 19.2. The molecule has 5 unspecified atom stereocenters. The number of aliphatic hydroxyl groups excluding tert-OH is 1. The molecule has 0 aliphatic carbocycles. The van der Waals surface area contributed by atoms with Crippen LogP contribution in [-0.4, -0.2) is 75.6 Å². The number of nitrogens with zero attached hydrogens (tertiary/aromatic N) is 1. The molecule has 5 atom stereocenters. The van der Waals surface area contributed by atoms with Crippen molar-refractivity contribution in [1.29, 1.82) is 0 Å². The summed E-state index contributed by atoms with van der Waals surface area (Å²) < 4.78 is 0. The van der Waals surface area contributed by atoms with E-state index in [1.165, 1.54) is 11.8 Å². The van der Waals surface area contributed by atoms with Gasteiger partial charge in [-0.25, -0.2) is 4.79 Å². The molecule has 1 saturated heterocycles. The second-order valence-electron chi connectivity index (χ2n) is 8.78. The van der Waals surface area contributed by atoms with Gasteiger partial charge in [0.25, 0.3) is 0 Å².